The predicted octanol–water partition coefficient (Wildman–Crippen LogP) is 3.50. The lowest BCUT2D eigenvalue weighted by Crippen LogP contribution is -2.15. The zero-order valence-corrected chi connectivity index (χ0v) is 12.7. The van der Waals surface area contributed by atoms with Gasteiger partial charge in [0, 0.05) is 13.0 Å². The van der Waals surface area contributed by atoms with Gasteiger partial charge in [-0.15, -0.1) is 0 Å². The van der Waals surface area contributed by atoms with E-state index in [1.807, 2.05) is 0 Å². The van der Waals surface area contributed by atoms with Crippen LogP contribution in [0.2, 0.25) is 0 Å². The van der Waals surface area contributed by atoms with E-state index in [-0.39, 0.29) is 0 Å². The topological polar surface area (TPSA) is 30.5 Å². The van der Waals surface area contributed by atoms with Gasteiger partial charge in [-0.05, 0) is 52.5 Å². The Balaban J connectivity index is 1.61. The van der Waals surface area contributed by atoms with Crippen LogP contribution in [0.3, 0.4) is 0 Å². The lowest BCUT2D eigenvalue weighted by molar-refractivity contribution is 0.296. The number of benzene rings is 1. The smallest absolute Gasteiger partial charge is 0.175 e. The molecule has 0 atom stereocenters. The van der Waals surface area contributed by atoms with Crippen molar-refractivity contribution < 1.29 is 9.47 Å². The van der Waals surface area contributed by atoms with E-state index in [4.69, 9.17) is 9.47 Å². The number of rotatable bonds is 5. The molecule has 1 N–H and O–H groups in total. The first kappa shape index (κ1) is 13.3. The van der Waals surface area contributed by atoms with Gasteiger partial charge in [0.15, 0.2) is 11.5 Å². The van der Waals surface area contributed by atoms with Gasteiger partial charge in [-0.1, -0.05) is 12.8 Å². The zero-order chi connectivity index (χ0) is 13.1. The third-order valence-corrected chi connectivity index (χ3v) is 4.21. The van der Waals surface area contributed by atoms with Gasteiger partial charge < -0.3 is 14.8 Å². The Morgan fingerprint density at radius 3 is 2.89 bits per heavy atom. The molecule has 1 aromatic rings. The first-order valence-electron chi connectivity index (χ1n) is 7.11. The van der Waals surface area contributed by atoms with Gasteiger partial charge in [0.05, 0.1) is 17.7 Å². The van der Waals surface area contributed by atoms with E-state index in [1.54, 1.807) is 0 Å². The Morgan fingerprint density at radius 2 is 2.05 bits per heavy atom. The molecule has 104 valence electrons. The van der Waals surface area contributed by atoms with E-state index < -0.39 is 0 Å². The summed E-state index contributed by atoms with van der Waals surface area (Å²) in [5, 5.41) is 3.51. The lowest BCUT2D eigenvalue weighted by Gasteiger charge is -2.12. The van der Waals surface area contributed by atoms with E-state index in [2.05, 4.69) is 33.4 Å². The van der Waals surface area contributed by atoms with Crippen molar-refractivity contribution in [2.24, 2.45) is 5.92 Å². The van der Waals surface area contributed by atoms with Gasteiger partial charge in [-0.25, -0.2) is 0 Å². The Labute approximate surface area is 122 Å². The Kier molecular flexibility index (Phi) is 4.28. The second-order valence-corrected chi connectivity index (χ2v) is 6.22. The highest BCUT2D eigenvalue weighted by atomic mass is 79.9. The molecule has 2 aliphatic rings. The number of fused-ring (bicyclic) bond motifs is 1. The molecule has 1 heterocycles. The van der Waals surface area contributed by atoms with Gasteiger partial charge in [0.25, 0.3) is 0 Å². The quantitative estimate of drug-likeness (QED) is 0.840. The molecule has 0 aromatic heterocycles. The molecule has 1 fully saturated rings. The van der Waals surface area contributed by atoms with Crippen molar-refractivity contribution in [2.75, 3.05) is 19.8 Å². The second-order valence-electron chi connectivity index (χ2n) is 5.36. The number of hydrogen-bond acceptors (Lipinski definition) is 3. The fourth-order valence-corrected chi connectivity index (χ4v) is 2.94. The molecule has 0 amide bonds. The molecule has 1 aliphatic carbocycles. The van der Waals surface area contributed by atoms with Gasteiger partial charge >= 0.3 is 0 Å². The van der Waals surface area contributed by atoms with Crippen molar-refractivity contribution in [3.63, 3.8) is 0 Å². The molecule has 4 heteroatoms. The van der Waals surface area contributed by atoms with E-state index in [0.29, 0.717) is 0 Å². The van der Waals surface area contributed by atoms with Crippen LogP contribution in [-0.4, -0.2) is 19.8 Å². The maximum atomic E-state index is 5.74. The molecular formula is C15H20BrNO2. The van der Waals surface area contributed by atoms with E-state index in [1.165, 1.54) is 24.8 Å². The van der Waals surface area contributed by atoms with E-state index >= 15 is 0 Å². The summed E-state index contributed by atoms with van der Waals surface area (Å²) in [7, 11) is 0. The summed E-state index contributed by atoms with van der Waals surface area (Å²) < 4.78 is 12.4. The average Bonchev–Trinajstić information content (AvgIpc) is 3.21. The first-order valence-corrected chi connectivity index (χ1v) is 7.91. The normalized spacial score (nSPS) is 18.2. The highest BCUT2D eigenvalue weighted by Crippen LogP contribution is 2.38. The van der Waals surface area contributed by atoms with Crippen LogP contribution in [0.1, 0.15) is 31.2 Å². The molecule has 0 radical (unpaired) electrons. The molecule has 0 spiro atoms. The molecule has 1 aromatic carbocycles. The molecular weight excluding hydrogens is 306 g/mol. The van der Waals surface area contributed by atoms with Crippen LogP contribution in [0.25, 0.3) is 0 Å². The molecule has 0 unspecified atom stereocenters. The van der Waals surface area contributed by atoms with Crippen LogP contribution >= 0.6 is 15.9 Å². The standard InChI is InChI=1S/C15H20BrNO2/c16-13-8-12(10-17-5-4-11-2-3-11)9-14-15(13)19-7-1-6-18-14/h8-9,11,17H,1-7,10H2. The highest BCUT2D eigenvalue weighted by molar-refractivity contribution is 9.10. The number of hydrogen-bond donors (Lipinski definition) is 1. The monoisotopic (exact) mass is 325 g/mol. The average molecular weight is 326 g/mol. The minimum Gasteiger partial charge on any atom is -0.490 e. The Hall–Kier alpha value is -0.740. The van der Waals surface area contributed by atoms with Crippen LogP contribution in [-0.2, 0) is 6.54 Å². The Morgan fingerprint density at radius 1 is 1.21 bits per heavy atom. The van der Waals surface area contributed by atoms with Crippen LogP contribution in [0.15, 0.2) is 16.6 Å². The van der Waals surface area contributed by atoms with Crippen molar-refractivity contribution in [1.82, 2.24) is 5.32 Å². The van der Waals surface area contributed by atoms with Crippen molar-refractivity contribution in [2.45, 2.75) is 32.2 Å². The molecule has 0 saturated heterocycles. The van der Waals surface area contributed by atoms with Crippen LogP contribution in [0.4, 0.5) is 0 Å². The van der Waals surface area contributed by atoms with Crippen LogP contribution < -0.4 is 14.8 Å². The van der Waals surface area contributed by atoms with Gasteiger partial charge in [-0.3, -0.25) is 0 Å². The summed E-state index contributed by atoms with van der Waals surface area (Å²) >= 11 is 3.58. The van der Waals surface area contributed by atoms with Crippen molar-refractivity contribution >= 4 is 15.9 Å². The van der Waals surface area contributed by atoms with Crippen molar-refractivity contribution in [3.8, 4) is 11.5 Å². The zero-order valence-electron chi connectivity index (χ0n) is 11.1. The maximum Gasteiger partial charge on any atom is 0.175 e. The molecule has 1 saturated carbocycles. The summed E-state index contributed by atoms with van der Waals surface area (Å²) in [5.74, 6) is 2.70. The number of nitrogens with one attached hydrogen (secondary N) is 1. The van der Waals surface area contributed by atoms with Gasteiger partial charge in [-0.2, -0.15) is 0 Å². The fraction of sp³-hybridized carbons (Fsp3) is 0.600. The van der Waals surface area contributed by atoms with Gasteiger partial charge in [0.2, 0.25) is 0 Å². The summed E-state index contributed by atoms with van der Waals surface area (Å²) in [4.78, 5) is 0. The largest absolute Gasteiger partial charge is 0.490 e. The summed E-state index contributed by atoms with van der Waals surface area (Å²) in [5.41, 5.74) is 1.24. The molecule has 1 aliphatic heterocycles. The third-order valence-electron chi connectivity index (χ3n) is 3.62. The van der Waals surface area contributed by atoms with Crippen LogP contribution in [0.5, 0.6) is 11.5 Å². The molecule has 3 nitrogen and oxygen atoms in total. The summed E-state index contributed by atoms with van der Waals surface area (Å²) in [6.07, 6.45) is 5.11. The first-order chi connectivity index (χ1) is 9.33. The maximum absolute atomic E-state index is 5.74. The third kappa shape index (κ3) is 3.63. The highest BCUT2D eigenvalue weighted by Gasteiger charge is 2.20. The second kappa shape index (κ2) is 6.14. The van der Waals surface area contributed by atoms with Crippen molar-refractivity contribution in [1.29, 1.82) is 0 Å². The minimum atomic E-state index is 0.727. The molecule has 19 heavy (non-hydrogen) atoms. The van der Waals surface area contributed by atoms with E-state index in [9.17, 15) is 0 Å². The minimum absolute atomic E-state index is 0.727. The number of ether oxygens (including phenoxy) is 2. The number of halogens is 1. The van der Waals surface area contributed by atoms with E-state index in [0.717, 1.165) is 54.6 Å². The summed E-state index contributed by atoms with van der Waals surface area (Å²) in [6.45, 7) is 3.46. The van der Waals surface area contributed by atoms with Crippen LogP contribution in [0, 0.1) is 5.92 Å². The molecule has 0 bridgehead atoms. The van der Waals surface area contributed by atoms with Gasteiger partial charge in [0.1, 0.15) is 0 Å². The van der Waals surface area contributed by atoms with Crippen molar-refractivity contribution in [3.05, 3.63) is 22.2 Å². The SMILES string of the molecule is Brc1cc(CNCCC2CC2)cc2c1OCCCO2. The Bertz CT molecular complexity index is 446. The lowest BCUT2D eigenvalue weighted by atomic mass is 10.2. The molecule has 3 rings (SSSR count). The predicted molar refractivity (Wildman–Crippen MR) is 78.8 cm³/mol. The summed E-state index contributed by atoms with van der Waals surface area (Å²) in [6, 6.07) is 4.22. The fourth-order valence-electron chi connectivity index (χ4n) is 2.33.